The molecule has 1 amide bonds. The van der Waals surface area contributed by atoms with Crippen molar-refractivity contribution < 1.29 is 4.79 Å². The topological polar surface area (TPSA) is 54.0 Å². The maximum Gasteiger partial charge on any atom is 0.257 e. The molecular weight excluding hydrogens is 513 g/mol. The molecule has 1 heterocycles. The summed E-state index contributed by atoms with van der Waals surface area (Å²) in [6, 6.07) is 21.5. The Morgan fingerprint density at radius 1 is 1.07 bits per heavy atom. The minimum Gasteiger partial charge on any atom is -0.332 e. The van der Waals surface area contributed by atoms with Gasteiger partial charge in [0.1, 0.15) is 5.01 Å². The van der Waals surface area contributed by atoms with E-state index in [1.807, 2.05) is 55.5 Å². The Labute approximate surface area is 191 Å². The Hall–Kier alpha value is -2.36. The Morgan fingerprint density at radius 2 is 1.83 bits per heavy atom. The molecule has 0 saturated heterocycles. The number of rotatable bonds is 3. The lowest BCUT2D eigenvalue weighted by molar-refractivity contribution is 0.0977. The zero-order valence-electron chi connectivity index (χ0n) is 15.4. The minimum absolute atomic E-state index is 0.229. The van der Waals surface area contributed by atoms with Crippen LogP contribution in [-0.4, -0.2) is 16.0 Å². The van der Waals surface area contributed by atoms with Gasteiger partial charge in [-0.3, -0.25) is 10.1 Å². The number of benzene rings is 3. The van der Waals surface area contributed by atoms with Crippen molar-refractivity contribution >= 4 is 73.1 Å². The zero-order valence-corrected chi connectivity index (χ0v) is 19.2. The van der Waals surface area contributed by atoms with Crippen molar-refractivity contribution in [3.8, 4) is 10.6 Å². The van der Waals surface area contributed by atoms with Gasteiger partial charge in [-0.25, -0.2) is 4.98 Å². The van der Waals surface area contributed by atoms with E-state index in [0.29, 0.717) is 5.56 Å². The summed E-state index contributed by atoms with van der Waals surface area (Å²) < 4.78 is 2.22. The summed E-state index contributed by atoms with van der Waals surface area (Å²) in [5.74, 6) is -0.229. The number of halogens is 1. The van der Waals surface area contributed by atoms with Crippen LogP contribution in [0, 0.1) is 10.5 Å². The molecule has 0 aliphatic rings. The second-order valence-corrected chi connectivity index (χ2v) is 9.08. The molecule has 4 aromatic rings. The molecule has 0 radical (unpaired) electrons. The van der Waals surface area contributed by atoms with Crippen LogP contribution < -0.4 is 10.6 Å². The molecule has 1 aromatic heterocycles. The van der Waals surface area contributed by atoms with Gasteiger partial charge >= 0.3 is 0 Å². The third-order valence-corrected chi connectivity index (χ3v) is 6.32. The summed E-state index contributed by atoms with van der Waals surface area (Å²) in [4.78, 5) is 17.3. The number of aromatic nitrogens is 1. The number of anilines is 1. The van der Waals surface area contributed by atoms with Crippen LogP contribution in [-0.2, 0) is 0 Å². The normalized spacial score (nSPS) is 10.7. The summed E-state index contributed by atoms with van der Waals surface area (Å²) in [6.45, 7) is 1.90. The van der Waals surface area contributed by atoms with Gasteiger partial charge in [0.05, 0.1) is 15.9 Å². The zero-order chi connectivity index (χ0) is 20.4. The Balaban J connectivity index is 1.60. The van der Waals surface area contributed by atoms with Gasteiger partial charge in [-0.2, -0.15) is 0 Å². The molecule has 7 heteroatoms. The van der Waals surface area contributed by atoms with Crippen LogP contribution >= 0.6 is 46.1 Å². The van der Waals surface area contributed by atoms with E-state index in [4.69, 9.17) is 17.2 Å². The highest BCUT2D eigenvalue weighted by molar-refractivity contribution is 14.1. The largest absolute Gasteiger partial charge is 0.332 e. The highest BCUT2D eigenvalue weighted by atomic mass is 127. The predicted octanol–water partition coefficient (Wildman–Crippen LogP) is 6.00. The summed E-state index contributed by atoms with van der Waals surface area (Å²) in [7, 11) is 0. The van der Waals surface area contributed by atoms with Crippen molar-refractivity contribution in [1.29, 1.82) is 0 Å². The SMILES string of the molecule is Cc1ccccc1C(=O)NC(=S)Nc1ccc(I)cc1-c1nc2ccccc2s1. The van der Waals surface area contributed by atoms with Crippen molar-refractivity contribution in [2.75, 3.05) is 5.32 Å². The van der Waals surface area contributed by atoms with Crippen molar-refractivity contribution in [3.05, 3.63) is 81.4 Å². The monoisotopic (exact) mass is 529 g/mol. The van der Waals surface area contributed by atoms with Crippen LogP contribution in [0.4, 0.5) is 5.69 Å². The van der Waals surface area contributed by atoms with Gasteiger partial charge in [0.25, 0.3) is 5.91 Å². The smallest absolute Gasteiger partial charge is 0.257 e. The lowest BCUT2D eigenvalue weighted by atomic mass is 10.1. The van der Waals surface area contributed by atoms with Gasteiger partial charge in [0.2, 0.25) is 0 Å². The Kier molecular flexibility index (Phi) is 5.89. The third-order valence-electron chi connectivity index (χ3n) is 4.37. The predicted molar refractivity (Wildman–Crippen MR) is 133 cm³/mol. The first-order chi connectivity index (χ1) is 14.0. The second kappa shape index (κ2) is 8.56. The Bertz CT molecular complexity index is 1200. The van der Waals surface area contributed by atoms with Crippen molar-refractivity contribution in [2.45, 2.75) is 6.92 Å². The van der Waals surface area contributed by atoms with Crippen molar-refractivity contribution in [2.24, 2.45) is 0 Å². The number of thiocarbonyl (C=S) groups is 1. The first kappa shape index (κ1) is 19.9. The Morgan fingerprint density at radius 3 is 2.62 bits per heavy atom. The molecule has 0 aliphatic carbocycles. The average molecular weight is 529 g/mol. The van der Waals surface area contributed by atoms with E-state index >= 15 is 0 Å². The first-order valence-corrected chi connectivity index (χ1v) is 11.1. The highest BCUT2D eigenvalue weighted by Crippen LogP contribution is 2.35. The molecular formula is C22H16IN3OS2. The average Bonchev–Trinajstić information content (AvgIpc) is 3.13. The van der Waals surface area contributed by atoms with Crippen LogP contribution in [0.2, 0.25) is 0 Å². The molecule has 2 N–H and O–H groups in total. The molecule has 29 heavy (non-hydrogen) atoms. The number of nitrogens with one attached hydrogen (secondary N) is 2. The van der Waals surface area contributed by atoms with Gasteiger partial charge in [0, 0.05) is 14.7 Å². The van der Waals surface area contributed by atoms with Gasteiger partial charge in [0.15, 0.2) is 5.11 Å². The maximum absolute atomic E-state index is 12.5. The fraction of sp³-hybridized carbons (Fsp3) is 0.0455. The van der Waals surface area contributed by atoms with Gasteiger partial charge in [-0.15, -0.1) is 11.3 Å². The molecule has 3 aromatic carbocycles. The van der Waals surface area contributed by atoms with E-state index in [1.54, 1.807) is 17.4 Å². The number of carbonyl (C=O) groups excluding carboxylic acids is 1. The molecule has 4 nitrogen and oxygen atoms in total. The van der Waals surface area contributed by atoms with E-state index in [9.17, 15) is 4.79 Å². The number of nitrogens with zero attached hydrogens (tertiary/aromatic N) is 1. The molecule has 0 spiro atoms. The van der Waals surface area contributed by atoms with Crippen LogP contribution in [0.1, 0.15) is 15.9 Å². The lowest BCUT2D eigenvalue weighted by Gasteiger charge is -2.13. The van der Waals surface area contributed by atoms with Crippen molar-refractivity contribution in [1.82, 2.24) is 10.3 Å². The van der Waals surface area contributed by atoms with E-state index in [-0.39, 0.29) is 11.0 Å². The van der Waals surface area contributed by atoms with Crippen LogP contribution in [0.3, 0.4) is 0 Å². The molecule has 4 rings (SSSR count). The number of aryl methyl sites for hydroxylation is 1. The number of thiazole rings is 1. The third kappa shape index (κ3) is 4.47. The summed E-state index contributed by atoms with van der Waals surface area (Å²) in [6.07, 6.45) is 0. The standard InChI is InChI=1S/C22H16IN3OS2/c1-13-6-2-3-7-15(13)20(27)26-22(28)25-17-11-10-14(23)12-16(17)21-24-18-8-4-5-9-19(18)29-21/h2-12H,1H3,(H2,25,26,27,28). The summed E-state index contributed by atoms with van der Waals surface area (Å²) in [5.41, 5.74) is 4.22. The number of carbonyl (C=O) groups is 1. The van der Waals surface area contributed by atoms with E-state index in [1.165, 1.54) is 0 Å². The molecule has 0 unspecified atom stereocenters. The van der Waals surface area contributed by atoms with E-state index < -0.39 is 0 Å². The molecule has 0 bridgehead atoms. The maximum atomic E-state index is 12.5. The van der Waals surface area contributed by atoms with Crippen LogP contribution in [0.25, 0.3) is 20.8 Å². The summed E-state index contributed by atoms with van der Waals surface area (Å²) in [5, 5.41) is 7.09. The fourth-order valence-corrected chi connectivity index (χ4v) is 4.63. The number of amides is 1. The number of hydrogen-bond donors (Lipinski definition) is 2. The van der Waals surface area contributed by atoms with E-state index in [2.05, 4.69) is 45.4 Å². The number of para-hydroxylation sites is 1. The second-order valence-electron chi connectivity index (χ2n) is 6.40. The lowest BCUT2D eigenvalue weighted by Crippen LogP contribution is -2.34. The molecule has 0 fully saturated rings. The minimum atomic E-state index is -0.229. The van der Waals surface area contributed by atoms with Crippen LogP contribution in [0.15, 0.2) is 66.7 Å². The van der Waals surface area contributed by atoms with E-state index in [0.717, 1.165) is 35.6 Å². The molecule has 0 atom stereocenters. The molecule has 0 aliphatic heterocycles. The molecule has 0 saturated carbocycles. The van der Waals surface area contributed by atoms with Gasteiger partial charge < -0.3 is 5.32 Å². The number of hydrogen-bond acceptors (Lipinski definition) is 4. The fourth-order valence-electron chi connectivity index (χ4n) is 2.94. The van der Waals surface area contributed by atoms with Crippen molar-refractivity contribution in [3.63, 3.8) is 0 Å². The highest BCUT2D eigenvalue weighted by Gasteiger charge is 2.14. The quantitative estimate of drug-likeness (QED) is 0.253. The number of fused-ring (bicyclic) bond motifs is 1. The van der Waals surface area contributed by atoms with Gasteiger partial charge in [-0.1, -0.05) is 30.3 Å². The first-order valence-electron chi connectivity index (χ1n) is 8.85. The van der Waals surface area contributed by atoms with Crippen LogP contribution in [0.5, 0.6) is 0 Å². The van der Waals surface area contributed by atoms with Gasteiger partial charge in [-0.05, 0) is 83.7 Å². The molecule has 144 valence electrons. The summed E-state index contributed by atoms with van der Waals surface area (Å²) >= 11 is 9.31.